The van der Waals surface area contributed by atoms with E-state index in [1.165, 1.54) is 45.6 Å². The highest BCUT2D eigenvalue weighted by molar-refractivity contribution is 5.90. The molecule has 2 amide bonds. The van der Waals surface area contributed by atoms with Crippen molar-refractivity contribution in [1.29, 1.82) is 0 Å². The zero-order valence-corrected chi connectivity index (χ0v) is 21.7. The van der Waals surface area contributed by atoms with Crippen LogP contribution >= 0.6 is 0 Å². The highest BCUT2D eigenvalue weighted by atomic mass is 16.5. The van der Waals surface area contributed by atoms with E-state index in [0.29, 0.717) is 24.8 Å². The first kappa shape index (κ1) is 26.5. The highest BCUT2D eigenvalue weighted by Gasteiger charge is 2.45. The minimum Gasteiger partial charge on any atom is -0.467 e. The van der Waals surface area contributed by atoms with E-state index in [1.54, 1.807) is 4.90 Å². The first-order chi connectivity index (χ1) is 17.6. The zero-order valence-electron chi connectivity index (χ0n) is 21.7. The number of alkyl carbamates (subject to hydrolysis) is 1. The normalized spacial score (nSPS) is 22.3. The summed E-state index contributed by atoms with van der Waals surface area (Å²) in [6, 6.07) is 8.29. The number of carbonyl (C=O) groups is 3. The first-order valence-corrected chi connectivity index (χ1v) is 13.9. The summed E-state index contributed by atoms with van der Waals surface area (Å²) in [5.41, 5.74) is 0.900. The number of benzene rings is 1. The van der Waals surface area contributed by atoms with E-state index >= 15 is 0 Å². The van der Waals surface area contributed by atoms with Crippen molar-refractivity contribution in [2.45, 2.75) is 95.7 Å². The van der Waals surface area contributed by atoms with Crippen LogP contribution in [0.1, 0.15) is 82.6 Å². The van der Waals surface area contributed by atoms with E-state index in [1.807, 2.05) is 30.3 Å². The fourth-order valence-electron chi connectivity index (χ4n) is 6.77. The Morgan fingerprint density at radius 2 is 1.50 bits per heavy atom. The van der Waals surface area contributed by atoms with E-state index in [9.17, 15) is 14.4 Å². The predicted octanol–water partition coefficient (Wildman–Crippen LogP) is 5.22. The Kier molecular flexibility index (Phi) is 9.65. The largest absolute Gasteiger partial charge is 0.467 e. The number of nitrogens with one attached hydrogen (secondary N) is 1. The number of carbonyl (C=O) groups excluding carboxylic acids is 3. The molecule has 7 heteroatoms. The van der Waals surface area contributed by atoms with Gasteiger partial charge >= 0.3 is 12.1 Å². The lowest BCUT2D eigenvalue weighted by atomic mass is 9.66. The molecule has 0 spiro atoms. The first-order valence-electron chi connectivity index (χ1n) is 13.9. The van der Waals surface area contributed by atoms with Crippen molar-refractivity contribution < 1.29 is 23.9 Å². The van der Waals surface area contributed by atoms with Gasteiger partial charge in [-0.05, 0) is 36.2 Å². The third kappa shape index (κ3) is 6.60. The van der Waals surface area contributed by atoms with Crippen LogP contribution in [0.5, 0.6) is 0 Å². The average Bonchev–Trinajstić information content (AvgIpc) is 3.43. The van der Waals surface area contributed by atoms with Crippen LogP contribution in [0.4, 0.5) is 4.79 Å². The summed E-state index contributed by atoms with van der Waals surface area (Å²) in [5.74, 6) is 0.314. The molecule has 36 heavy (non-hydrogen) atoms. The molecule has 1 aliphatic heterocycles. The van der Waals surface area contributed by atoms with Gasteiger partial charge in [-0.1, -0.05) is 94.5 Å². The number of rotatable bonds is 8. The third-order valence-electron chi connectivity index (χ3n) is 8.53. The molecule has 198 valence electrons. The fraction of sp³-hybridized carbons (Fsp3) is 0.690. The maximum atomic E-state index is 14.2. The molecule has 0 aromatic heterocycles. The second kappa shape index (κ2) is 13.1. The van der Waals surface area contributed by atoms with E-state index in [-0.39, 0.29) is 24.4 Å². The van der Waals surface area contributed by atoms with E-state index in [0.717, 1.165) is 37.7 Å². The van der Waals surface area contributed by atoms with Gasteiger partial charge in [0.15, 0.2) is 0 Å². The highest BCUT2D eigenvalue weighted by Crippen LogP contribution is 2.42. The number of nitrogens with zero attached hydrogens (tertiary/aromatic N) is 1. The number of amides is 2. The molecule has 0 bridgehead atoms. The summed E-state index contributed by atoms with van der Waals surface area (Å²) >= 11 is 0. The Balaban J connectivity index is 1.58. The number of hydrogen-bond acceptors (Lipinski definition) is 5. The summed E-state index contributed by atoms with van der Waals surface area (Å²) in [5, 5.41) is 3.03. The Morgan fingerprint density at radius 3 is 2.08 bits per heavy atom. The Morgan fingerprint density at radius 1 is 0.889 bits per heavy atom. The second-order valence-electron chi connectivity index (χ2n) is 10.8. The van der Waals surface area contributed by atoms with Gasteiger partial charge in [-0.15, -0.1) is 0 Å². The van der Waals surface area contributed by atoms with Crippen molar-refractivity contribution in [2.24, 2.45) is 17.8 Å². The van der Waals surface area contributed by atoms with Crippen molar-refractivity contribution in [1.82, 2.24) is 10.2 Å². The van der Waals surface area contributed by atoms with Gasteiger partial charge in [-0.3, -0.25) is 4.79 Å². The molecule has 2 atom stereocenters. The van der Waals surface area contributed by atoms with Crippen LogP contribution in [-0.4, -0.2) is 48.6 Å². The lowest BCUT2D eigenvalue weighted by Gasteiger charge is -2.43. The van der Waals surface area contributed by atoms with Crippen LogP contribution in [0.3, 0.4) is 0 Å². The molecule has 1 N–H and O–H groups in total. The maximum absolute atomic E-state index is 14.2. The molecule has 2 aliphatic carbocycles. The average molecular weight is 499 g/mol. The Labute approximate surface area is 215 Å². The van der Waals surface area contributed by atoms with Gasteiger partial charge in [-0.25, -0.2) is 9.59 Å². The molecule has 1 heterocycles. The second-order valence-corrected chi connectivity index (χ2v) is 10.8. The molecule has 0 unspecified atom stereocenters. The molecule has 1 saturated heterocycles. The lowest BCUT2D eigenvalue weighted by Crippen LogP contribution is -2.57. The van der Waals surface area contributed by atoms with Crippen LogP contribution in [0.15, 0.2) is 30.3 Å². The molecule has 1 aromatic rings. The monoisotopic (exact) mass is 498 g/mol. The Hall–Kier alpha value is -2.57. The summed E-state index contributed by atoms with van der Waals surface area (Å²) in [6.07, 6.45) is 12.3. The van der Waals surface area contributed by atoms with Crippen molar-refractivity contribution in [2.75, 3.05) is 13.7 Å². The molecule has 3 aliphatic rings. The molecule has 7 nitrogen and oxygen atoms in total. The van der Waals surface area contributed by atoms with Crippen molar-refractivity contribution in [3.05, 3.63) is 35.9 Å². The predicted molar refractivity (Wildman–Crippen MR) is 137 cm³/mol. The number of ether oxygens (including phenoxy) is 2. The molecule has 4 rings (SSSR count). The van der Waals surface area contributed by atoms with Gasteiger partial charge < -0.3 is 19.7 Å². The summed E-state index contributed by atoms with van der Waals surface area (Å²) in [6.45, 7) is 0.664. The third-order valence-corrected chi connectivity index (χ3v) is 8.53. The fourth-order valence-corrected chi connectivity index (χ4v) is 6.77. The summed E-state index contributed by atoms with van der Waals surface area (Å²) < 4.78 is 10.6. The molecular weight excluding hydrogens is 456 g/mol. The van der Waals surface area contributed by atoms with Crippen LogP contribution in [0.25, 0.3) is 0 Å². The number of esters is 1. The summed E-state index contributed by atoms with van der Waals surface area (Å²) in [7, 11) is 1.37. The Bertz CT molecular complexity index is 846. The van der Waals surface area contributed by atoms with Crippen LogP contribution in [0.2, 0.25) is 0 Å². The molecule has 1 aromatic carbocycles. The zero-order chi connectivity index (χ0) is 25.3. The van der Waals surface area contributed by atoms with Gasteiger partial charge in [-0.2, -0.15) is 0 Å². The van der Waals surface area contributed by atoms with Crippen LogP contribution in [-0.2, 0) is 25.7 Å². The van der Waals surface area contributed by atoms with Gasteiger partial charge in [0.2, 0.25) is 5.91 Å². The van der Waals surface area contributed by atoms with E-state index in [4.69, 9.17) is 9.47 Å². The number of likely N-dealkylation sites (tertiary alicyclic amines) is 1. The van der Waals surface area contributed by atoms with E-state index in [2.05, 4.69) is 5.32 Å². The van der Waals surface area contributed by atoms with Crippen LogP contribution in [0, 0.1) is 17.8 Å². The topological polar surface area (TPSA) is 84.9 Å². The number of hydrogen-bond donors (Lipinski definition) is 1. The van der Waals surface area contributed by atoms with Gasteiger partial charge in [0.25, 0.3) is 0 Å². The van der Waals surface area contributed by atoms with Gasteiger partial charge in [0.1, 0.15) is 18.7 Å². The summed E-state index contributed by atoms with van der Waals surface area (Å²) in [4.78, 5) is 41.4. The van der Waals surface area contributed by atoms with E-state index < -0.39 is 18.2 Å². The molecule has 3 fully saturated rings. The molecule has 2 saturated carbocycles. The number of methoxy groups -OCH3 is 1. The smallest absolute Gasteiger partial charge is 0.408 e. The molecule has 0 radical (unpaired) electrons. The maximum Gasteiger partial charge on any atom is 0.408 e. The minimum absolute atomic E-state index is 0.0567. The standard InChI is InChI=1S/C29H42N2O5/c1-35-28(33)24-18-11-19-31(24)27(32)26(30-29(34)36-20-21-12-5-2-6-13-21)25(22-14-7-3-8-15-22)23-16-9-4-10-17-23/h2,5-6,12-13,22-26H,3-4,7-11,14-20H2,1H3,(H,30,34)/t24-,26+/m0/s1. The van der Waals surface area contributed by atoms with Crippen molar-refractivity contribution in [3.8, 4) is 0 Å². The lowest BCUT2D eigenvalue weighted by molar-refractivity contribution is -0.152. The van der Waals surface area contributed by atoms with Crippen molar-refractivity contribution in [3.63, 3.8) is 0 Å². The van der Waals surface area contributed by atoms with Gasteiger partial charge in [0, 0.05) is 6.54 Å². The van der Waals surface area contributed by atoms with Crippen molar-refractivity contribution >= 4 is 18.0 Å². The van der Waals surface area contributed by atoms with Gasteiger partial charge in [0.05, 0.1) is 7.11 Å². The minimum atomic E-state index is -0.690. The SMILES string of the molecule is COC(=O)[C@@H]1CCCN1C(=O)[C@H](NC(=O)OCc1ccccc1)C(C1CCCCC1)C1CCCCC1. The van der Waals surface area contributed by atoms with Crippen LogP contribution < -0.4 is 5.32 Å². The quantitative estimate of drug-likeness (QED) is 0.497. The molecular formula is C29H42N2O5.